The maximum absolute atomic E-state index is 11.0. The second kappa shape index (κ2) is 6.50. The summed E-state index contributed by atoms with van der Waals surface area (Å²) in [7, 11) is 1.84. The van der Waals surface area contributed by atoms with E-state index in [9.17, 15) is 4.79 Å². The molecule has 0 aliphatic heterocycles. The zero-order valence-electron chi connectivity index (χ0n) is 9.49. The van der Waals surface area contributed by atoms with Gasteiger partial charge in [0.25, 0.3) is 0 Å². The van der Waals surface area contributed by atoms with Crippen LogP contribution >= 0.6 is 11.6 Å². The molecule has 90 valence electrons. The van der Waals surface area contributed by atoms with Gasteiger partial charge in [-0.15, -0.1) is 0 Å². The van der Waals surface area contributed by atoms with Gasteiger partial charge in [-0.05, 0) is 6.92 Å². The summed E-state index contributed by atoms with van der Waals surface area (Å²) >= 11 is 5.83. The number of hydrogen-bond donors (Lipinski definition) is 1. The van der Waals surface area contributed by atoms with Crippen LogP contribution in [0.2, 0.25) is 5.15 Å². The zero-order chi connectivity index (χ0) is 12.0. The van der Waals surface area contributed by atoms with Gasteiger partial charge in [-0.25, -0.2) is 4.98 Å². The summed E-state index contributed by atoms with van der Waals surface area (Å²) < 4.78 is 6.59. The number of nitrogens with one attached hydrogen (secondary N) is 1. The molecule has 0 atom stereocenters. The average molecular weight is 246 g/mol. The number of aromatic nitrogens is 2. The molecule has 0 fully saturated rings. The molecule has 5 nitrogen and oxygen atoms in total. The molecule has 1 heterocycles. The van der Waals surface area contributed by atoms with Crippen molar-refractivity contribution in [3.8, 4) is 0 Å². The number of esters is 1. The molecule has 0 bridgehead atoms. The third-order valence-electron chi connectivity index (χ3n) is 2.12. The van der Waals surface area contributed by atoms with Crippen molar-refractivity contribution >= 4 is 17.6 Å². The lowest BCUT2D eigenvalue weighted by Crippen LogP contribution is -2.20. The summed E-state index contributed by atoms with van der Waals surface area (Å²) in [4.78, 5) is 15.1. The topological polar surface area (TPSA) is 56.1 Å². The van der Waals surface area contributed by atoms with Crippen LogP contribution in [0.4, 0.5) is 0 Å². The maximum atomic E-state index is 11.0. The number of halogens is 1. The fourth-order valence-electron chi connectivity index (χ4n) is 1.21. The summed E-state index contributed by atoms with van der Waals surface area (Å²) in [5.41, 5.74) is 0. The van der Waals surface area contributed by atoms with E-state index >= 15 is 0 Å². The first kappa shape index (κ1) is 13.0. The minimum atomic E-state index is -0.187. The van der Waals surface area contributed by atoms with Crippen molar-refractivity contribution < 1.29 is 9.53 Å². The largest absolute Gasteiger partial charge is 0.466 e. The molecule has 0 spiro atoms. The van der Waals surface area contributed by atoms with Gasteiger partial charge in [0, 0.05) is 13.6 Å². The standard InChI is InChI=1S/C10H16ClN3O2/c1-3-16-10(15)4-5-12-7-9-13-6-8(11)14(9)2/h6,12H,3-5,7H2,1-2H3. The monoisotopic (exact) mass is 245 g/mol. The van der Waals surface area contributed by atoms with E-state index in [1.165, 1.54) is 0 Å². The molecular weight excluding hydrogens is 230 g/mol. The Morgan fingerprint density at radius 3 is 3.00 bits per heavy atom. The molecule has 0 aliphatic rings. The van der Waals surface area contributed by atoms with Crippen LogP contribution in [-0.2, 0) is 23.1 Å². The average Bonchev–Trinajstić information content (AvgIpc) is 2.56. The molecule has 0 amide bonds. The van der Waals surface area contributed by atoms with E-state index in [1.807, 2.05) is 7.05 Å². The first-order valence-corrected chi connectivity index (χ1v) is 5.55. The van der Waals surface area contributed by atoms with Crippen LogP contribution in [0.25, 0.3) is 0 Å². The quantitative estimate of drug-likeness (QED) is 0.603. The molecule has 6 heteroatoms. The van der Waals surface area contributed by atoms with Crippen molar-refractivity contribution in [3.05, 3.63) is 17.2 Å². The summed E-state index contributed by atoms with van der Waals surface area (Å²) in [6, 6.07) is 0. The zero-order valence-corrected chi connectivity index (χ0v) is 10.3. The lowest BCUT2D eigenvalue weighted by molar-refractivity contribution is -0.142. The Morgan fingerprint density at radius 1 is 1.69 bits per heavy atom. The summed E-state index contributed by atoms with van der Waals surface area (Å²) in [6.07, 6.45) is 1.97. The van der Waals surface area contributed by atoms with Gasteiger partial charge >= 0.3 is 5.97 Å². The molecule has 0 saturated heterocycles. The Kier molecular flexibility index (Phi) is 5.28. The van der Waals surface area contributed by atoms with E-state index in [0.29, 0.717) is 31.3 Å². The van der Waals surface area contributed by atoms with Crippen LogP contribution < -0.4 is 5.32 Å². The van der Waals surface area contributed by atoms with Crippen LogP contribution in [0, 0.1) is 0 Å². The van der Waals surface area contributed by atoms with Crippen molar-refractivity contribution in [2.24, 2.45) is 7.05 Å². The fraction of sp³-hybridized carbons (Fsp3) is 0.600. The van der Waals surface area contributed by atoms with Crippen molar-refractivity contribution in [1.29, 1.82) is 0 Å². The normalized spacial score (nSPS) is 10.4. The highest BCUT2D eigenvalue weighted by Gasteiger charge is 2.04. The summed E-state index contributed by atoms with van der Waals surface area (Å²) in [5, 5.41) is 3.70. The van der Waals surface area contributed by atoms with E-state index in [2.05, 4.69) is 10.3 Å². The van der Waals surface area contributed by atoms with Crippen LogP contribution in [0.3, 0.4) is 0 Å². The van der Waals surface area contributed by atoms with Crippen LogP contribution in [0.5, 0.6) is 0 Å². The minimum Gasteiger partial charge on any atom is -0.466 e. The van der Waals surface area contributed by atoms with Gasteiger partial charge in [-0.2, -0.15) is 0 Å². The van der Waals surface area contributed by atoms with E-state index in [0.717, 1.165) is 5.82 Å². The molecule has 0 unspecified atom stereocenters. The first-order valence-electron chi connectivity index (χ1n) is 5.17. The Morgan fingerprint density at radius 2 is 2.44 bits per heavy atom. The highest BCUT2D eigenvalue weighted by atomic mass is 35.5. The molecular formula is C10H16ClN3O2. The van der Waals surface area contributed by atoms with Gasteiger partial charge in [-0.3, -0.25) is 4.79 Å². The van der Waals surface area contributed by atoms with Crippen LogP contribution in [-0.4, -0.2) is 28.7 Å². The highest BCUT2D eigenvalue weighted by Crippen LogP contribution is 2.08. The Labute approximate surface area is 99.8 Å². The number of carbonyl (C=O) groups excluding carboxylic acids is 1. The van der Waals surface area contributed by atoms with Crippen molar-refractivity contribution in [2.75, 3.05) is 13.2 Å². The van der Waals surface area contributed by atoms with Gasteiger partial charge in [0.05, 0.1) is 25.8 Å². The van der Waals surface area contributed by atoms with Crippen LogP contribution in [0.15, 0.2) is 6.20 Å². The second-order valence-corrected chi connectivity index (χ2v) is 3.68. The van der Waals surface area contributed by atoms with Crippen molar-refractivity contribution in [1.82, 2.24) is 14.9 Å². The summed E-state index contributed by atoms with van der Waals surface area (Å²) in [6.45, 7) is 3.38. The predicted molar refractivity (Wildman–Crippen MR) is 61.2 cm³/mol. The lowest BCUT2D eigenvalue weighted by atomic mass is 10.4. The third kappa shape index (κ3) is 3.83. The SMILES string of the molecule is CCOC(=O)CCNCc1ncc(Cl)n1C. The van der Waals surface area contributed by atoms with E-state index < -0.39 is 0 Å². The third-order valence-corrected chi connectivity index (χ3v) is 2.47. The molecule has 16 heavy (non-hydrogen) atoms. The number of ether oxygens (including phenoxy) is 1. The van der Waals surface area contributed by atoms with Crippen LogP contribution in [0.1, 0.15) is 19.2 Å². The Hall–Kier alpha value is -1.07. The molecule has 0 aromatic carbocycles. The highest BCUT2D eigenvalue weighted by molar-refractivity contribution is 6.29. The molecule has 0 aliphatic carbocycles. The first-order chi connectivity index (χ1) is 7.65. The predicted octanol–water partition coefficient (Wildman–Crippen LogP) is 1.12. The molecule has 1 aromatic heterocycles. The molecule has 0 saturated carbocycles. The van der Waals surface area contributed by atoms with E-state index in [4.69, 9.17) is 16.3 Å². The maximum Gasteiger partial charge on any atom is 0.307 e. The van der Waals surface area contributed by atoms with E-state index in [1.54, 1.807) is 17.7 Å². The molecule has 1 N–H and O–H groups in total. The number of rotatable bonds is 6. The summed E-state index contributed by atoms with van der Waals surface area (Å²) in [5.74, 6) is 0.654. The van der Waals surface area contributed by atoms with E-state index in [-0.39, 0.29) is 5.97 Å². The molecule has 1 aromatic rings. The minimum absolute atomic E-state index is 0.187. The van der Waals surface area contributed by atoms with Gasteiger partial charge < -0.3 is 14.6 Å². The van der Waals surface area contributed by atoms with Gasteiger partial charge in [0.2, 0.25) is 0 Å². The number of carbonyl (C=O) groups is 1. The second-order valence-electron chi connectivity index (χ2n) is 3.29. The molecule has 0 radical (unpaired) electrons. The number of imidazole rings is 1. The fourth-order valence-corrected chi connectivity index (χ4v) is 1.36. The number of nitrogens with zero attached hydrogens (tertiary/aromatic N) is 2. The van der Waals surface area contributed by atoms with Crippen molar-refractivity contribution in [3.63, 3.8) is 0 Å². The number of hydrogen-bond acceptors (Lipinski definition) is 4. The van der Waals surface area contributed by atoms with Gasteiger partial charge in [0.1, 0.15) is 11.0 Å². The van der Waals surface area contributed by atoms with Gasteiger partial charge in [-0.1, -0.05) is 11.6 Å². The van der Waals surface area contributed by atoms with Gasteiger partial charge in [0.15, 0.2) is 0 Å². The van der Waals surface area contributed by atoms with Crippen molar-refractivity contribution in [2.45, 2.75) is 19.9 Å². The Balaban J connectivity index is 2.21. The Bertz CT molecular complexity index is 352. The molecule has 1 rings (SSSR count). The smallest absolute Gasteiger partial charge is 0.307 e. The lowest BCUT2D eigenvalue weighted by Gasteiger charge is -2.05.